The van der Waals surface area contributed by atoms with E-state index < -0.39 is 0 Å². The lowest BCUT2D eigenvalue weighted by Crippen LogP contribution is -2.14. The van der Waals surface area contributed by atoms with Gasteiger partial charge < -0.3 is 9.47 Å². The highest BCUT2D eigenvalue weighted by Crippen LogP contribution is 2.35. The van der Waals surface area contributed by atoms with E-state index in [9.17, 15) is 4.79 Å². The van der Waals surface area contributed by atoms with Crippen molar-refractivity contribution in [3.63, 3.8) is 0 Å². The molecule has 0 amide bonds. The molecule has 0 saturated heterocycles. The molecule has 0 aromatic heterocycles. The Morgan fingerprint density at radius 1 is 1.04 bits per heavy atom. The smallest absolute Gasteiger partial charge is 0.337 e. The fourth-order valence-electron chi connectivity index (χ4n) is 3.00. The molecule has 0 unspecified atom stereocenters. The number of hydrogen-bond acceptors (Lipinski definition) is 3. The van der Waals surface area contributed by atoms with Crippen LogP contribution in [-0.2, 0) is 20.9 Å². The van der Waals surface area contributed by atoms with Crippen LogP contribution in [0.4, 0.5) is 0 Å². The van der Waals surface area contributed by atoms with E-state index in [1.807, 2.05) is 66.7 Å². The van der Waals surface area contributed by atoms with E-state index in [4.69, 9.17) is 9.47 Å². The van der Waals surface area contributed by atoms with Crippen molar-refractivity contribution in [2.75, 3.05) is 0 Å². The zero-order valence-corrected chi connectivity index (χ0v) is 14.6. The molecule has 0 saturated carbocycles. The summed E-state index contributed by atoms with van der Waals surface area (Å²) in [5.74, 6) is -0.295. The predicted octanol–water partition coefficient (Wildman–Crippen LogP) is 4.99. The van der Waals surface area contributed by atoms with Crippen LogP contribution in [0.1, 0.15) is 43.4 Å². The molecule has 0 aliphatic carbocycles. The van der Waals surface area contributed by atoms with Crippen molar-refractivity contribution in [2.45, 2.75) is 45.0 Å². The van der Waals surface area contributed by atoms with Crippen LogP contribution in [0.25, 0.3) is 0 Å². The van der Waals surface area contributed by atoms with Gasteiger partial charge in [-0.15, -0.1) is 0 Å². The third-order valence-electron chi connectivity index (χ3n) is 4.35. The number of ether oxygens (including phenoxy) is 2. The van der Waals surface area contributed by atoms with Crippen LogP contribution in [0.15, 0.2) is 72.3 Å². The van der Waals surface area contributed by atoms with Gasteiger partial charge in [0.1, 0.15) is 12.7 Å². The van der Waals surface area contributed by atoms with Crippen LogP contribution in [0.3, 0.4) is 0 Å². The minimum absolute atomic E-state index is 0.0237. The second-order valence-electron chi connectivity index (χ2n) is 6.29. The average molecular weight is 336 g/mol. The first-order valence-electron chi connectivity index (χ1n) is 8.91. The zero-order valence-electron chi connectivity index (χ0n) is 14.6. The average Bonchev–Trinajstić information content (AvgIpc) is 3.10. The van der Waals surface area contributed by atoms with Crippen molar-refractivity contribution in [1.29, 1.82) is 0 Å². The molecule has 2 aromatic carbocycles. The van der Waals surface area contributed by atoms with Gasteiger partial charge in [0.15, 0.2) is 0 Å². The number of esters is 1. The van der Waals surface area contributed by atoms with Gasteiger partial charge in [-0.1, -0.05) is 80.4 Å². The summed E-state index contributed by atoms with van der Waals surface area (Å²) < 4.78 is 11.7. The van der Waals surface area contributed by atoms with E-state index in [0.29, 0.717) is 5.57 Å². The Morgan fingerprint density at radius 3 is 2.40 bits per heavy atom. The van der Waals surface area contributed by atoms with Gasteiger partial charge in [0.2, 0.25) is 0 Å². The van der Waals surface area contributed by atoms with E-state index in [-0.39, 0.29) is 24.8 Å². The van der Waals surface area contributed by atoms with E-state index in [2.05, 4.69) is 6.92 Å². The summed E-state index contributed by atoms with van der Waals surface area (Å²) in [5.41, 5.74) is 2.59. The number of hydrogen-bond donors (Lipinski definition) is 0. The van der Waals surface area contributed by atoms with Gasteiger partial charge in [-0.05, 0) is 23.6 Å². The molecule has 0 N–H and O–H groups in total. The number of unbranched alkanes of at least 4 members (excludes halogenated alkanes) is 1. The summed E-state index contributed by atoms with van der Waals surface area (Å²) in [6, 6.07) is 19.6. The normalized spacial score (nSPS) is 19.5. The van der Waals surface area contributed by atoms with Crippen molar-refractivity contribution < 1.29 is 14.3 Å². The van der Waals surface area contributed by atoms with Crippen molar-refractivity contribution >= 4 is 5.97 Å². The van der Waals surface area contributed by atoms with Crippen LogP contribution >= 0.6 is 0 Å². The molecule has 3 nitrogen and oxygen atoms in total. The molecule has 0 spiro atoms. The predicted molar refractivity (Wildman–Crippen MR) is 97.9 cm³/mol. The van der Waals surface area contributed by atoms with Crippen LogP contribution in [0, 0.1) is 0 Å². The number of carbonyl (C=O) groups is 1. The lowest BCUT2D eigenvalue weighted by atomic mass is 10.0. The zero-order chi connectivity index (χ0) is 17.5. The monoisotopic (exact) mass is 336 g/mol. The maximum absolute atomic E-state index is 12.7. The molecule has 1 aliphatic rings. The molecule has 3 rings (SSSR count). The van der Waals surface area contributed by atoms with Crippen molar-refractivity contribution in [1.82, 2.24) is 0 Å². The third-order valence-corrected chi connectivity index (χ3v) is 4.35. The van der Waals surface area contributed by atoms with Gasteiger partial charge >= 0.3 is 5.97 Å². The van der Waals surface area contributed by atoms with E-state index >= 15 is 0 Å². The molecule has 1 heterocycles. The van der Waals surface area contributed by atoms with Gasteiger partial charge in [0, 0.05) is 0 Å². The quantitative estimate of drug-likeness (QED) is 0.669. The Kier molecular flexibility index (Phi) is 6.02. The molecule has 0 bridgehead atoms. The third kappa shape index (κ3) is 4.58. The number of rotatable bonds is 7. The SMILES string of the molecule is CCCC[C@@H]1C=C(C(=O)OCc2ccccc2)[C@H](c2ccccc2)O1. The molecular weight excluding hydrogens is 312 g/mol. The molecule has 3 heteroatoms. The van der Waals surface area contributed by atoms with Crippen molar-refractivity contribution in [3.05, 3.63) is 83.4 Å². The minimum atomic E-state index is -0.341. The summed E-state index contributed by atoms with van der Waals surface area (Å²) in [7, 11) is 0. The van der Waals surface area contributed by atoms with Crippen LogP contribution in [0.2, 0.25) is 0 Å². The van der Waals surface area contributed by atoms with E-state index in [1.165, 1.54) is 0 Å². The molecule has 0 fully saturated rings. The van der Waals surface area contributed by atoms with Gasteiger partial charge in [-0.25, -0.2) is 4.79 Å². The van der Waals surface area contributed by atoms with Crippen molar-refractivity contribution in [2.24, 2.45) is 0 Å². The number of benzene rings is 2. The fourth-order valence-corrected chi connectivity index (χ4v) is 3.00. The first-order chi connectivity index (χ1) is 12.3. The Bertz CT molecular complexity index is 707. The second kappa shape index (κ2) is 8.63. The summed E-state index contributed by atoms with van der Waals surface area (Å²) in [4.78, 5) is 12.7. The largest absolute Gasteiger partial charge is 0.457 e. The Hall–Kier alpha value is -2.39. The highest BCUT2D eigenvalue weighted by molar-refractivity contribution is 5.90. The molecular formula is C22H24O3. The summed E-state index contributed by atoms with van der Waals surface area (Å²) in [6.45, 7) is 2.43. The first-order valence-corrected chi connectivity index (χ1v) is 8.91. The van der Waals surface area contributed by atoms with E-state index in [0.717, 1.165) is 30.4 Å². The van der Waals surface area contributed by atoms with Crippen LogP contribution < -0.4 is 0 Å². The maximum atomic E-state index is 12.7. The second-order valence-corrected chi connectivity index (χ2v) is 6.29. The maximum Gasteiger partial charge on any atom is 0.337 e. The first kappa shape index (κ1) is 17.4. The van der Waals surface area contributed by atoms with Gasteiger partial charge in [0.25, 0.3) is 0 Å². The molecule has 2 aromatic rings. The van der Waals surface area contributed by atoms with Crippen molar-refractivity contribution in [3.8, 4) is 0 Å². The molecule has 0 radical (unpaired) electrons. The molecule has 1 aliphatic heterocycles. The lowest BCUT2D eigenvalue weighted by Gasteiger charge is -2.17. The van der Waals surface area contributed by atoms with Gasteiger partial charge in [-0.3, -0.25) is 0 Å². The van der Waals surface area contributed by atoms with E-state index in [1.54, 1.807) is 0 Å². The Morgan fingerprint density at radius 2 is 1.72 bits per heavy atom. The van der Waals surface area contributed by atoms with Gasteiger partial charge in [0.05, 0.1) is 11.7 Å². The molecule has 130 valence electrons. The highest BCUT2D eigenvalue weighted by Gasteiger charge is 2.33. The molecule has 25 heavy (non-hydrogen) atoms. The fraction of sp³-hybridized carbons (Fsp3) is 0.318. The Labute approximate surface area is 149 Å². The lowest BCUT2D eigenvalue weighted by molar-refractivity contribution is -0.141. The van der Waals surface area contributed by atoms with Crippen LogP contribution in [0.5, 0.6) is 0 Å². The highest BCUT2D eigenvalue weighted by atomic mass is 16.5. The summed E-state index contributed by atoms with van der Waals surface area (Å²) >= 11 is 0. The number of carbonyl (C=O) groups excluding carboxylic acids is 1. The topological polar surface area (TPSA) is 35.5 Å². The minimum Gasteiger partial charge on any atom is -0.457 e. The van der Waals surface area contributed by atoms with Crippen LogP contribution in [-0.4, -0.2) is 12.1 Å². The summed E-state index contributed by atoms with van der Waals surface area (Å²) in [6.07, 6.45) is 4.69. The van der Waals surface area contributed by atoms with Gasteiger partial charge in [-0.2, -0.15) is 0 Å². The molecule has 2 atom stereocenters. The Balaban J connectivity index is 1.72. The summed E-state index contributed by atoms with van der Waals surface area (Å²) in [5, 5.41) is 0. The standard InChI is InChI=1S/C22H24O3/c1-2-3-14-19-15-20(21(25-19)18-12-8-5-9-13-18)22(23)24-16-17-10-6-4-7-11-17/h4-13,15,19,21H,2-3,14,16H2,1H3/t19-,21+/m1/s1.